The molecule has 0 spiro atoms. The average Bonchev–Trinajstić information content (AvgIpc) is 2.39. The van der Waals surface area contributed by atoms with Gasteiger partial charge in [0.15, 0.2) is 0 Å². The SMILES string of the molecule is Cc1ccc2c(c1)C(N)CC(c1cccc(F)c1)O2. The van der Waals surface area contributed by atoms with Gasteiger partial charge in [-0.1, -0.05) is 29.8 Å². The molecule has 0 aliphatic carbocycles. The maximum Gasteiger partial charge on any atom is 0.126 e. The van der Waals surface area contributed by atoms with E-state index in [0.29, 0.717) is 6.42 Å². The van der Waals surface area contributed by atoms with Crippen molar-refractivity contribution in [1.29, 1.82) is 0 Å². The fraction of sp³-hybridized carbons (Fsp3) is 0.250. The third kappa shape index (κ3) is 2.34. The lowest BCUT2D eigenvalue weighted by atomic mass is 9.92. The largest absolute Gasteiger partial charge is 0.485 e. The second kappa shape index (κ2) is 4.67. The van der Waals surface area contributed by atoms with Crippen LogP contribution in [-0.4, -0.2) is 0 Å². The number of halogens is 1. The van der Waals surface area contributed by atoms with Gasteiger partial charge in [-0.2, -0.15) is 0 Å². The van der Waals surface area contributed by atoms with Gasteiger partial charge in [0.2, 0.25) is 0 Å². The van der Waals surface area contributed by atoms with Crippen LogP contribution in [0.4, 0.5) is 4.39 Å². The van der Waals surface area contributed by atoms with Gasteiger partial charge in [-0.05, 0) is 30.7 Å². The average molecular weight is 257 g/mol. The number of ether oxygens (including phenoxy) is 1. The molecular formula is C16H16FNO. The highest BCUT2D eigenvalue weighted by atomic mass is 19.1. The lowest BCUT2D eigenvalue weighted by Gasteiger charge is -2.30. The zero-order valence-electron chi connectivity index (χ0n) is 10.8. The van der Waals surface area contributed by atoms with Crippen LogP contribution in [0.5, 0.6) is 5.75 Å². The topological polar surface area (TPSA) is 35.2 Å². The maximum absolute atomic E-state index is 13.3. The molecule has 2 unspecified atom stereocenters. The highest BCUT2D eigenvalue weighted by molar-refractivity contribution is 5.41. The fourth-order valence-electron chi connectivity index (χ4n) is 2.53. The van der Waals surface area contributed by atoms with Gasteiger partial charge in [-0.3, -0.25) is 0 Å². The second-order valence-corrected chi connectivity index (χ2v) is 5.04. The van der Waals surface area contributed by atoms with E-state index in [1.54, 1.807) is 6.07 Å². The maximum atomic E-state index is 13.3. The van der Waals surface area contributed by atoms with E-state index in [0.717, 1.165) is 16.9 Å². The summed E-state index contributed by atoms with van der Waals surface area (Å²) in [7, 11) is 0. The molecule has 2 aromatic rings. The molecule has 0 saturated heterocycles. The van der Waals surface area contributed by atoms with Crippen molar-refractivity contribution in [2.45, 2.75) is 25.5 Å². The molecular weight excluding hydrogens is 241 g/mol. The first kappa shape index (κ1) is 12.2. The Balaban J connectivity index is 1.95. The molecule has 2 aromatic carbocycles. The van der Waals surface area contributed by atoms with Crippen molar-refractivity contribution in [3.05, 3.63) is 65.0 Å². The lowest BCUT2D eigenvalue weighted by Crippen LogP contribution is -2.24. The van der Waals surface area contributed by atoms with E-state index in [2.05, 4.69) is 6.07 Å². The summed E-state index contributed by atoms with van der Waals surface area (Å²) in [5.41, 5.74) is 9.25. The van der Waals surface area contributed by atoms with Gasteiger partial charge in [-0.25, -0.2) is 4.39 Å². The van der Waals surface area contributed by atoms with E-state index in [9.17, 15) is 4.39 Å². The van der Waals surface area contributed by atoms with E-state index in [-0.39, 0.29) is 18.0 Å². The summed E-state index contributed by atoms with van der Waals surface area (Å²) in [6, 6.07) is 12.4. The molecule has 0 saturated carbocycles. The second-order valence-electron chi connectivity index (χ2n) is 5.04. The number of aryl methyl sites for hydroxylation is 1. The molecule has 1 aliphatic heterocycles. The van der Waals surface area contributed by atoms with E-state index < -0.39 is 0 Å². The predicted octanol–water partition coefficient (Wildman–Crippen LogP) is 3.66. The van der Waals surface area contributed by atoms with Crippen molar-refractivity contribution in [3.8, 4) is 5.75 Å². The first-order chi connectivity index (χ1) is 9.13. The summed E-state index contributed by atoms with van der Waals surface area (Å²) in [4.78, 5) is 0. The molecule has 0 radical (unpaired) electrons. The first-order valence-electron chi connectivity index (χ1n) is 6.42. The third-order valence-corrected chi connectivity index (χ3v) is 3.52. The highest BCUT2D eigenvalue weighted by Crippen LogP contribution is 2.39. The number of hydrogen-bond donors (Lipinski definition) is 1. The van der Waals surface area contributed by atoms with Gasteiger partial charge < -0.3 is 10.5 Å². The molecule has 0 aromatic heterocycles. The smallest absolute Gasteiger partial charge is 0.126 e. The Morgan fingerprint density at radius 2 is 2.05 bits per heavy atom. The van der Waals surface area contributed by atoms with Crippen LogP contribution in [0.1, 0.15) is 35.3 Å². The summed E-state index contributed by atoms with van der Waals surface area (Å²) >= 11 is 0. The van der Waals surface area contributed by atoms with Crippen molar-refractivity contribution in [2.75, 3.05) is 0 Å². The van der Waals surface area contributed by atoms with E-state index in [1.807, 2.05) is 25.1 Å². The van der Waals surface area contributed by atoms with Gasteiger partial charge in [0, 0.05) is 18.0 Å². The van der Waals surface area contributed by atoms with Crippen LogP contribution >= 0.6 is 0 Å². The molecule has 0 amide bonds. The van der Waals surface area contributed by atoms with Crippen LogP contribution in [0, 0.1) is 12.7 Å². The van der Waals surface area contributed by atoms with E-state index >= 15 is 0 Å². The van der Waals surface area contributed by atoms with Gasteiger partial charge in [0.05, 0.1) is 0 Å². The fourth-order valence-corrected chi connectivity index (χ4v) is 2.53. The molecule has 2 nitrogen and oxygen atoms in total. The van der Waals surface area contributed by atoms with Crippen molar-refractivity contribution in [2.24, 2.45) is 5.73 Å². The van der Waals surface area contributed by atoms with Crippen LogP contribution < -0.4 is 10.5 Å². The van der Waals surface area contributed by atoms with Gasteiger partial charge in [-0.15, -0.1) is 0 Å². The number of benzene rings is 2. The Kier molecular flexibility index (Phi) is 2.99. The molecule has 19 heavy (non-hydrogen) atoms. The number of nitrogens with two attached hydrogens (primary N) is 1. The van der Waals surface area contributed by atoms with Crippen LogP contribution in [-0.2, 0) is 0 Å². The first-order valence-corrected chi connectivity index (χ1v) is 6.42. The standard InChI is InChI=1S/C16H16FNO/c1-10-5-6-15-13(7-10)14(18)9-16(19-15)11-3-2-4-12(17)8-11/h2-8,14,16H,9,18H2,1H3. The Labute approximate surface area is 112 Å². The molecule has 2 atom stereocenters. The quantitative estimate of drug-likeness (QED) is 0.846. The Hall–Kier alpha value is -1.87. The van der Waals surface area contributed by atoms with E-state index in [1.165, 1.54) is 17.7 Å². The zero-order chi connectivity index (χ0) is 13.4. The summed E-state index contributed by atoms with van der Waals surface area (Å²) < 4.78 is 19.2. The summed E-state index contributed by atoms with van der Waals surface area (Å²) in [6.07, 6.45) is 0.487. The summed E-state index contributed by atoms with van der Waals surface area (Å²) in [5, 5.41) is 0. The van der Waals surface area contributed by atoms with Crippen LogP contribution in [0.2, 0.25) is 0 Å². The minimum atomic E-state index is -0.246. The van der Waals surface area contributed by atoms with Crippen molar-refractivity contribution in [3.63, 3.8) is 0 Å². The lowest BCUT2D eigenvalue weighted by molar-refractivity contribution is 0.161. The molecule has 98 valence electrons. The summed E-state index contributed by atoms with van der Waals surface area (Å²) in [6.45, 7) is 2.03. The Morgan fingerprint density at radius 3 is 2.84 bits per heavy atom. The minimum absolute atomic E-state index is 0.0723. The predicted molar refractivity (Wildman–Crippen MR) is 72.5 cm³/mol. The minimum Gasteiger partial charge on any atom is -0.485 e. The van der Waals surface area contributed by atoms with Gasteiger partial charge in [0.1, 0.15) is 17.7 Å². The highest BCUT2D eigenvalue weighted by Gasteiger charge is 2.27. The van der Waals surface area contributed by atoms with Gasteiger partial charge in [0.25, 0.3) is 0 Å². The molecule has 3 heteroatoms. The Morgan fingerprint density at radius 1 is 1.21 bits per heavy atom. The molecule has 0 bridgehead atoms. The molecule has 0 fully saturated rings. The van der Waals surface area contributed by atoms with Crippen LogP contribution in [0.25, 0.3) is 0 Å². The van der Waals surface area contributed by atoms with Crippen molar-refractivity contribution >= 4 is 0 Å². The van der Waals surface area contributed by atoms with E-state index in [4.69, 9.17) is 10.5 Å². The third-order valence-electron chi connectivity index (χ3n) is 3.52. The van der Waals surface area contributed by atoms with Gasteiger partial charge >= 0.3 is 0 Å². The number of fused-ring (bicyclic) bond motifs is 1. The number of hydrogen-bond acceptors (Lipinski definition) is 2. The summed E-state index contributed by atoms with van der Waals surface area (Å²) in [5.74, 6) is 0.558. The molecule has 3 rings (SSSR count). The molecule has 1 heterocycles. The van der Waals surface area contributed by atoms with Crippen molar-refractivity contribution < 1.29 is 9.13 Å². The van der Waals surface area contributed by atoms with Crippen LogP contribution in [0.3, 0.4) is 0 Å². The zero-order valence-corrected chi connectivity index (χ0v) is 10.8. The Bertz CT molecular complexity index is 611. The molecule has 2 N–H and O–H groups in total. The monoisotopic (exact) mass is 257 g/mol. The van der Waals surface area contributed by atoms with Crippen molar-refractivity contribution in [1.82, 2.24) is 0 Å². The molecule has 1 aliphatic rings. The van der Waals surface area contributed by atoms with Crippen LogP contribution in [0.15, 0.2) is 42.5 Å². The normalized spacial score (nSPS) is 21.6. The number of rotatable bonds is 1.